The summed E-state index contributed by atoms with van der Waals surface area (Å²) in [6.45, 7) is 1.85. The normalized spacial score (nSPS) is 10.1. The maximum absolute atomic E-state index is 10.3. The molecule has 0 radical (unpaired) electrons. The topological polar surface area (TPSA) is 65.2 Å². The van der Waals surface area contributed by atoms with Crippen molar-refractivity contribution in [3.8, 4) is 11.6 Å². The van der Waals surface area contributed by atoms with Gasteiger partial charge in [-0.15, -0.1) is 0 Å². The molecule has 2 aromatic rings. The Hall–Kier alpha value is -0.990. The first-order valence-electron chi connectivity index (χ1n) is 4.22. The van der Waals surface area contributed by atoms with Gasteiger partial charge in [-0.25, -0.2) is 0 Å². The first kappa shape index (κ1) is 11.5. The maximum atomic E-state index is 10.3. The van der Waals surface area contributed by atoms with E-state index in [1.165, 1.54) is 11.3 Å². The van der Waals surface area contributed by atoms with Crippen molar-refractivity contribution in [3.63, 3.8) is 0 Å². The zero-order chi connectivity index (χ0) is 11.7. The van der Waals surface area contributed by atoms with Crippen LogP contribution in [-0.2, 0) is 4.57 Å². The van der Waals surface area contributed by atoms with Gasteiger partial charge in [-0.3, -0.25) is 0 Å². The van der Waals surface area contributed by atoms with Crippen LogP contribution in [0, 0.1) is 12.7 Å². The van der Waals surface area contributed by atoms with Crippen LogP contribution in [0.1, 0.15) is 5.56 Å². The fourth-order valence-corrected chi connectivity index (χ4v) is 2.54. The van der Waals surface area contributed by atoms with Crippen LogP contribution in [0.4, 0.5) is 5.13 Å². The quantitative estimate of drug-likeness (QED) is 0.808. The molecular weight excluding hydrogens is 267 g/mol. The Morgan fingerprint density at radius 2 is 2.44 bits per heavy atom. The van der Waals surface area contributed by atoms with Crippen molar-refractivity contribution in [1.29, 1.82) is 0 Å². The van der Waals surface area contributed by atoms with E-state index in [0.717, 1.165) is 10.3 Å². The van der Waals surface area contributed by atoms with Crippen molar-refractivity contribution in [2.45, 2.75) is 6.92 Å². The molecule has 16 heavy (non-hydrogen) atoms. The molecule has 0 aliphatic rings. The molecule has 0 aliphatic heterocycles. The summed E-state index contributed by atoms with van der Waals surface area (Å²) in [6.07, 6.45) is 0. The number of fused-ring (bicyclic) bond motifs is 1. The van der Waals surface area contributed by atoms with E-state index in [1.54, 1.807) is 6.07 Å². The van der Waals surface area contributed by atoms with Crippen molar-refractivity contribution in [1.82, 2.24) is 4.98 Å². The number of aryl methyl sites for hydroxylation is 1. The second-order valence-corrected chi connectivity index (χ2v) is 4.79. The van der Waals surface area contributed by atoms with Gasteiger partial charge in [0.25, 0.3) is 0 Å². The van der Waals surface area contributed by atoms with E-state index in [0.29, 0.717) is 21.4 Å². The summed E-state index contributed by atoms with van der Waals surface area (Å²) in [6, 6.07) is 1.71. The van der Waals surface area contributed by atoms with Crippen molar-refractivity contribution in [2.24, 2.45) is 0 Å². The zero-order valence-corrected chi connectivity index (χ0v) is 10.6. The number of benzene rings is 1. The molecule has 0 saturated heterocycles. The van der Waals surface area contributed by atoms with E-state index in [9.17, 15) is 4.57 Å². The molecule has 1 heterocycles. The number of hydrogen-bond donors (Lipinski definition) is 1. The van der Waals surface area contributed by atoms with E-state index in [-0.39, 0.29) is 7.92 Å². The van der Waals surface area contributed by atoms with Gasteiger partial charge in [-0.1, -0.05) is 0 Å². The van der Waals surface area contributed by atoms with E-state index in [1.807, 2.05) is 6.92 Å². The summed E-state index contributed by atoms with van der Waals surface area (Å²) in [4.78, 5) is 4.11. The zero-order valence-electron chi connectivity index (χ0n) is 8.15. The third-order valence-electron chi connectivity index (χ3n) is 1.96. The molecule has 0 spiro atoms. The first-order valence-corrected chi connectivity index (χ1v) is 6.23. The average molecular weight is 273 g/mol. The molecule has 1 aromatic heterocycles. The standard InChI is InChI=1S/C9H6ClN2O2PS/c1-4-2-5(14-3-15-13)7-8(6(4)10)16-9(11)12-7/h2H,1H3,(H2,11,12). The van der Waals surface area contributed by atoms with Gasteiger partial charge >= 0.3 is 101 Å². The second-order valence-electron chi connectivity index (χ2n) is 3.02. The van der Waals surface area contributed by atoms with Gasteiger partial charge < -0.3 is 0 Å². The van der Waals surface area contributed by atoms with Crippen LogP contribution < -0.4 is 10.5 Å². The third-order valence-corrected chi connectivity index (χ3v) is 3.63. The molecule has 0 amide bonds. The van der Waals surface area contributed by atoms with Gasteiger partial charge in [0.1, 0.15) is 0 Å². The Bertz CT molecular complexity index is 665. The monoisotopic (exact) mass is 272 g/mol. The fraction of sp³-hybridized carbons (Fsp3) is 0.111. The summed E-state index contributed by atoms with van der Waals surface area (Å²) in [5.74, 6) is 2.66. The molecule has 0 atom stereocenters. The van der Waals surface area contributed by atoms with E-state index >= 15 is 0 Å². The van der Waals surface area contributed by atoms with Crippen LogP contribution in [0.5, 0.6) is 5.75 Å². The summed E-state index contributed by atoms with van der Waals surface area (Å²) in [7, 11) is -0.322. The van der Waals surface area contributed by atoms with Gasteiger partial charge in [0, 0.05) is 0 Å². The van der Waals surface area contributed by atoms with Crippen LogP contribution in [0.25, 0.3) is 10.2 Å². The number of ether oxygens (including phenoxy) is 1. The molecule has 0 saturated carbocycles. The SMILES string of the molecule is Cc1cc(OC#P=O)c2nc(N)sc2c1Cl. The summed E-state index contributed by atoms with van der Waals surface area (Å²) >= 11 is 7.41. The average Bonchev–Trinajstić information content (AvgIpc) is 2.64. The number of hydrogen-bond acceptors (Lipinski definition) is 5. The Balaban J connectivity index is 2.76. The Labute approximate surface area is 101 Å². The molecule has 0 aliphatic carbocycles. The fourth-order valence-electron chi connectivity index (χ4n) is 1.31. The number of nitrogens with two attached hydrogens (primary N) is 1. The first-order chi connectivity index (χ1) is 7.63. The van der Waals surface area contributed by atoms with Gasteiger partial charge in [0.05, 0.1) is 0 Å². The minimum atomic E-state index is -0.322. The van der Waals surface area contributed by atoms with Crippen LogP contribution in [0.3, 0.4) is 0 Å². The van der Waals surface area contributed by atoms with E-state index < -0.39 is 0 Å². The number of nitrogens with zero attached hydrogens (tertiary/aromatic N) is 1. The predicted molar refractivity (Wildman–Crippen MR) is 65.9 cm³/mol. The van der Waals surface area contributed by atoms with Crippen molar-refractivity contribution in [2.75, 3.05) is 5.73 Å². The Morgan fingerprint density at radius 3 is 3.12 bits per heavy atom. The molecular formula is C9H6ClN2O2PS. The van der Waals surface area contributed by atoms with E-state index in [4.69, 9.17) is 22.1 Å². The van der Waals surface area contributed by atoms with Crippen LogP contribution in [-0.4, -0.2) is 4.98 Å². The molecule has 2 N–H and O–H groups in total. The molecule has 2 rings (SSSR count). The molecule has 82 valence electrons. The number of aromatic nitrogens is 1. The number of anilines is 1. The van der Waals surface area contributed by atoms with Gasteiger partial charge in [-0.05, 0) is 0 Å². The van der Waals surface area contributed by atoms with Gasteiger partial charge in [0.2, 0.25) is 0 Å². The molecule has 0 unspecified atom stereocenters. The Morgan fingerprint density at radius 1 is 1.69 bits per heavy atom. The minimum absolute atomic E-state index is 0.322. The molecule has 0 fully saturated rings. The summed E-state index contributed by atoms with van der Waals surface area (Å²) in [5.41, 5.74) is 7.03. The van der Waals surface area contributed by atoms with Gasteiger partial charge in [0.15, 0.2) is 0 Å². The second kappa shape index (κ2) is 4.48. The van der Waals surface area contributed by atoms with Crippen molar-refractivity contribution >= 4 is 46.2 Å². The Kier molecular flexibility index (Phi) is 3.22. The van der Waals surface area contributed by atoms with E-state index in [2.05, 4.69) is 10.8 Å². The van der Waals surface area contributed by atoms with Crippen molar-refractivity contribution in [3.05, 3.63) is 16.7 Å². The molecule has 4 nitrogen and oxygen atoms in total. The predicted octanol–water partition coefficient (Wildman–Crippen LogP) is 3.43. The number of rotatable bonds is 1. The number of halogens is 1. The number of thiazole rings is 1. The molecule has 7 heteroatoms. The third kappa shape index (κ3) is 1.95. The summed E-state index contributed by atoms with van der Waals surface area (Å²) < 4.78 is 16.1. The van der Waals surface area contributed by atoms with Crippen LogP contribution in [0.15, 0.2) is 6.07 Å². The van der Waals surface area contributed by atoms with Crippen molar-refractivity contribution < 1.29 is 9.30 Å². The summed E-state index contributed by atoms with van der Waals surface area (Å²) in [5, 5.41) is 1.02. The number of nitrogen functional groups attached to an aromatic ring is 1. The molecule has 0 bridgehead atoms. The van der Waals surface area contributed by atoms with Crippen LogP contribution >= 0.6 is 30.9 Å². The van der Waals surface area contributed by atoms with Crippen LogP contribution in [0.2, 0.25) is 5.02 Å². The van der Waals surface area contributed by atoms with Gasteiger partial charge in [-0.2, -0.15) is 0 Å². The molecule has 1 aromatic carbocycles.